The zero-order valence-electron chi connectivity index (χ0n) is 16.4. The Balaban J connectivity index is 2.27. The van der Waals surface area contributed by atoms with Gasteiger partial charge in [0.1, 0.15) is 5.75 Å². The third kappa shape index (κ3) is 5.95. The Kier molecular flexibility index (Phi) is 7.60. The summed E-state index contributed by atoms with van der Waals surface area (Å²) in [5, 5.41) is 14.1. The highest BCUT2D eigenvalue weighted by atomic mass is 32.2. The molecule has 2 amide bonds. The molecule has 0 saturated carbocycles. The molecule has 0 aliphatic rings. The highest BCUT2D eigenvalue weighted by Gasteiger charge is 2.19. The zero-order chi connectivity index (χ0) is 21.6. The van der Waals surface area contributed by atoms with E-state index in [2.05, 4.69) is 19.2 Å². The quantitative estimate of drug-likeness (QED) is 0.360. The molecule has 2 aromatic rings. The summed E-state index contributed by atoms with van der Waals surface area (Å²) in [6.07, 6.45) is 0.931. The smallest absolute Gasteiger partial charge is 0.283 e. The summed E-state index contributed by atoms with van der Waals surface area (Å²) in [5.41, 5.74) is 5.72. The second-order valence-electron chi connectivity index (χ2n) is 6.70. The average molecular weight is 417 g/mol. The van der Waals surface area contributed by atoms with Crippen molar-refractivity contribution in [2.75, 3.05) is 18.2 Å². The van der Waals surface area contributed by atoms with E-state index in [9.17, 15) is 19.7 Å². The number of hydrogen-bond donors (Lipinski definition) is 2. The number of thioether (sulfide) groups is 1. The highest BCUT2D eigenvalue weighted by Crippen LogP contribution is 2.32. The van der Waals surface area contributed by atoms with Gasteiger partial charge < -0.3 is 15.8 Å². The molecule has 0 aliphatic heterocycles. The maximum absolute atomic E-state index is 12.6. The molecule has 8 nitrogen and oxygen atoms in total. The lowest BCUT2D eigenvalue weighted by atomic mass is 10.1. The van der Waals surface area contributed by atoms with Crippen LogP contribution in [0.3, 0.4) is 0 Å². The number of nitro groups is 1. The third-order valence-electron chi connectivity index (χ3n) is 4.10. The number of nitro benzene ring substituents is 1. The minimum atomic E-state index is -0.651. The van der Waals surface area contributed by atoms with Crippen LogP contribution in [0.25, 0.3) is 0 Å². The fourth-order valence-corrected chi connectivity index (χ4v) is 3.74. The molecule has 154 valence electrons. The van der Waals surface area contributed by atoms with E-state index in [4.69, 9.17) is 10.5 Å². The van der Waals surface area contributed by atoms with E-state index in [0.717, 1.165) is 12.2 Å². The third-order valence-corrected chi connectivity index (χ3v) is 5.20. The van der Waals surface area contributed by atoms with Gasteiger partial charge >= 0.3 is 0 Å². The van der Waals surface area contributed by atoms with E-state index in [1.807, 2.05) is 0 Å². The van der Waals surface area contributed by atoms with Gasteiger partial charge in [0, 0.05) is 17.2 Å². The van der Waals surface area contributed by atoms with Crippen LogP contribution in [-0.2, 0) is 0 Å². The lowest BCUT2D eigenvalue weighted by Gasteiger charge is -2.12. The summed E-state index contributed by atoms with van der Waals surface area (Å²) >= 11 is 1.39. The number of carbonyl (C=O) groups excluding carboxylic acids is 2. The van der Waals surface area contributed by atoms with Gasteiger partial charge in [-0.15, -0.1) is 11.8 Å². The molecule has 0 heterocycles. The maximum atomic E-state index is 12.6. The number of methoxy groups -OCH3 is 1. The molecule has 0 bridgehead atoms. The summed E-state index contributed by atoms with van der Waals surface area (Å²) in [6.45, 7) is 4.17. The van der Waals surface area contributed by atoms with Gasteiger partial charge in [-0.05, 0) is 48.4 Å². The van der Waals surface area contributed by atoms with Crippen molar-refractivity contribution in [1.29, 1.82) is 0 Å². The summed E-state index contributed by atoms with van der Waals surface area (Å²) < 4.78 is 5.18. The molecule has 0 aromatic heterocycles. The zero-order valence-corrected chi connectivity index (χ0v) is 17.2. The van der Waals surface area contributed by atoms with Crippen LogP contribution in [0.15, 0.2) is 41.3 Å². The first-order valence-corrected chi connectivity index (χ1v) is 9.92. The van der Waals surface area contributed by atoms with Crippen molar-refractivity contribution >= 4 is 35.0 Å². The molecule has 3 N–H and O–H groups in total. The molecular weight excluding hydrogens is 394 g/mol. The number of nitrogens with two attached hydrogens (primary N) is 1. The van der Waals surface area contributed by atoms with Gasteiger partial charge in [0.15, 0.2) is 0 Å². The van der Waals surface area contributed by atoms with Crippen LogP contribution < -0.4 is 15.8 Å². The number of amides is 2. The topological polar surface area (TPSA) is 125 Å². The van der Waals surface area contributed by atoms with Crippen LogP contribution in [0.2, 0.25) is 0 Å². The Morgan fingerprint density at radius 2 is 1.90 bits per heavy atom. The van der Waals surface area contributed by atoms with Gasteiger partial charge in [0.25, 0.3) is 11.6 Å². The van der Waals surface area contributed by atoms with Crippen molar-refractivity contribution in [3.05, 3.63) is 57.6 Å². The Hall–Kier alpha value is -3.07. The number of nitrogens with zero attached hydrogens (tertiary/aromatic N) is 1. The van der Waals surface area contributed by atoms with Crippen molar-refractivity contribution in [3.8, 4) is 5.75 Å². The van der Waals surface area contributed by atoms with Gasteiger partial charge in [-0.1, -0.05) is 13.8 Å². The first-order chi connectivity index (χ1) is 13.7. The molecule has 0 aliphatic carbocycles. The number of benzene rings is 2. The van der Waals surface area contributed by atoms with E-state index in [0.29, 0.717) is 16.6 Å². The summed E-state index contributed by atoms with van der Waals surface area (Å²) in [5.74, 6) is 0.367. The monoisotopic (exact) mass is 417 g/mol. The molecule has 0 fully saturated rings. The number of carbonyl (C=O) groups is 2. The molecule has 9 heteroatoms. The molecule has 0 atom stereocenters. The first kappa shape index (κ1) is 22.2. The van der Waals surface area contributed by atoms with Gasteiger partial charge in [0.2, 0.25) is 5.91 Å². The Morgan fingerprint density at radius 3 is 2.48 bits per heavy atom. The molecule has 0 unspecified atom stereocenters. The van der Waals surface area contributed by atoms with E-state index < -0.39 is 16.7 Å². The predicted octanol–water partition coefficient (Wildman–Crippen LogP) is 4.09. The number of nitrogens with one attached hydrogen (secondary N) is 1. The fourth-order valence-electron chi connectivity index (χ4n) is 2.48. The van der Waals surface area contributed by atoms with Crippen molar-refractivity contribution < 1.29 is 19.2 Å². The van der Waals surface area contributed by atoms with E-state index in [1.54, 1.807) is 6.07 Å². The standard InChI is InChI=1S/C20H23N3O5S/c1-12(2)8-9-29-18-7-5-14(11-16(18)23(26)27)20(25)22-15-10-13(19(21)24)4-6-17(15)28-3/h4-7,10-12H,8-9H2,1-3H3,(H2,21,24)(H,22,25). The number of hydrogen-bond acceptors (Lipinski definition) is 6. The van der Waals surface area contributed by atoms with Crippen LogP contribution in [0, 0.1) is 16.0 Å². The number of rotatable bonds is 9. The van der Waals surface area contributed by atoms with E-state index in [-0.39, 0.29) is 22.5 Å². The lowest BCUT2D eigenvalue weighted by molar-refractivity contribution is -0.387. The van der Waals surface area contributed by atoms with Crippen molar-refractivity contribution in [3.63, 3.8) is 0 Å². The normalized spacial score (nSPS) is 10.6. The molecule has 29 heavy (non-hydrogen) atoms. The molecule has 0 saturated heterocycles. The number of primary amides is 1. The average Bonchev–Trinajstić information content (AvgIpc) is 2.67. The number of anilines is 1. The van der Waals surface area contributed by atoms with E-state index >= 15 is 0 Å². The van der Waals surface area contributed by atoms with Crippen molar-refractivity contribution in [2.45, 2.75) is 25.2 Å². The van der Waals surface area contributed by atoms with Crippen LogP contribution in [0.5, 0.6) is 5.75 Å². The van der Waals surface area contributed by atoms with Gasteiger partial charge in [0.05, 0.1) is 22.6 Å². The summed E-state index contributed by atoms with van der Waals surface area (Å²) in [7, 11) is 1.42. The number of ether oxygens (including phenoxy) is 1. The predicted molar refractivity (Wildman–Crippen MR) is 113 cm³/mol. The molecular formula is C20H23N3O5S. The van der Waals surface area contributed by atoms with Crippen LogP contribution in [0.1, 0.15) is 41.0 Å². The second-order valence-corrected chi connectivity index (χ2v) is 7.84. The van der Waals surface area contributed by atoms with Crippen LogP contribution >= 0.6 is 11.8 Å². The largest absolute Gasteiger partial charge is 0.495 e. The Morgan fingerprint density at radius 1 is 1.21 bits per heavy atom. The summed E-state index contributed by atoms with van der Waals surface area (Å²) in [6, 6.07) is 8.73. The molecule has 2 rings (SSSR count). The van der Waals surface area contributed by atoms with E-state index in [1.165, 1.54) is 49.2 Å². The maximum Gasteiger partial charge on any atom is 0.283 e. The van der Waals surface area contributed by atoms with Gasteiger partial charge in [-0.2, -0.15) is 0 Å². The summed E-state index contributed by atoms with van der Waals surface area (Å²) in [4.78, 5) is 35.5. The van der Waals surface area contributed by atoms with Crippen LogP contribution in [0.4, 0.5) is 11.4 Å². The Bertz CT molecular complexity index is 930. The van der Waals surface area contributed by atoms with Crippen molar-refractivity contribution in [1.82, 2.24) is 0 Å². The van der Waals surface area contributed by atoms with Crippen molar-refractivity contribution in [2.24, 2.45) is 11.7 Å². The molecule has 2 aromatic carbocycles. The fraction of sp³-hybridized carbons (Fsp3) is 0.300. The minimum Gasteiger partial charge on any atom is -0.495 e. The lowest BCUT2D eigenvalue weighted by Crippen LogP contribution is -2.15. The van der Waals surface area contributed by atoms with Gasteiger partial charge in [-0.25, -0.2) is 0 Å². The van der Waals surface area contributed by atoms with Crippen LogP contribution in [-0.4, -0.2) is 29.6 Å². The minimum absolute atomic E-state index is 0.121. The van der Waals surface area contributed by atoms with Gasteiger partial charge in [-0.3, -0.25) is 19.7 Å². The Labute approximate surface area is 173 Å². The second kappa shape index (κ2) is 9.92. The highest BCUT2D eigenvalue weighted by molar-refractivity contribution is 7.99. The molecule has 0 radical (unpaired) electrons. The first-order valence-electron chi connectivity index (χ1n) is 8.93. The molecule has 0 spiro atoms. The SMILES string of the molecule is COc1ccc(C(N)=O)cc1NC(=O)c1ccc(SCCC(C)C)c([N+](=O)[O-])c1.